The fourth-order valence-electron chi connectivity index (χ4n) is 0.962. The maximum absolute atomic E-state index is 12.0. The van der Waals surface area contributed by atoms with E-state index in [0.717, 1.165) is 4.08 Å². The quantitative estimate of drug-likeness (QED) is 0.323. The van der Waals surface area contributed by atoms with E-state index in [9.17, 15) is 18.6 Å². The SMILES string of the molecule is O=C(F)CNSN(c1ccccc1)P(=O)(O)S. The summed E-state index contributed by atoms with van der Waals surface area (Å²) in [6.45, 7) is -4.42. The van der Waals surface area contributed by atoms with Crippen molar-refractivity contribution in [2.24, 2.45) is 0 Å². The molecule has 1 unspecified atom stereocenters. The summed E-state index contributed by atoms with van der Waals surface area (Å²) in [5.41, 5.74) is 0.414. The van der Waals surface area contributed by atoms with Crippen LogP contribution in [0.25, 0.3) is 0 Å². The van der Waals surface area contributed by atoms with Crippen molar-refractivity contribution in [3.63, 3.8) is 0 Å². The van der Waals surface area contributed by atoms with E-state index >= 15 is 0 Å². The molecule has 0 amide bonds. The Hall–Kier alpha value is -0.530. The second-order valence-electron chi connectivity index (χ2n) is 2.89. The van der Waals surface area contributed by atoms with E-state index in [0.29, 0.717) is 17.8 Å². The second kappa shape index (κ2) is 6.42. The molecule has 0 spiro atoms. The molecule has 0 aromatic heterocycles. The van der Waals surface area contributed by atoms with Crippen LogP contribution < -0.4 is 8.80 Å². The first kappa shape index (κ1) is 14.5. The number of anilines is 1. The fourth-order valence-corrected chi connectivity index (χ4v) is 3.16. The van der Waals surface area contributed by atoms with Crippen LogP contribution in [0, 0.1) is 0 Å². The predicted molar refractivity (Wildman–Crippen MR) is 69.4 cm³/mol. The number of rotatable bonds is 6. The third-order valence-electron chi connectivity index (χ3n) is 1.58. The minimum atomic E-state index is -3.86. The molecule has 0 bridgehead atoms. The first-order chi connectivity index (χ1) is 7.91. The number of benzene rings is 1. The van der Waals surface area contributed by atoms with Gasteiger partial charge in [-0.25, -0.2) is 8.80 Å². The lowest BCUT2D eigenvalue weighted by atomic mass is 10.3. The number of hydrogen-bond donors (Lipinski definition) is 3. The number of nitrogens with one attached hydrogen (secondary N) is 1. The molecule has 1 rings (SSSR count). The van der Waals surface area contributed by atoms with Gasteiger partial charge in [-0.05, 0) is 12.1 Å². The number of hydrogen-bond acceptors (Lipinski definition) is 4. The molecule has 0 saturated carbocycles. The Morgan fingerprint density at radius 2 is 2.12 bits per heavy atom. The molecule has 0 fully saturated rings. The number of nitrogens with zero attached hydrogens (tertiary/aromatic N) is 1. The average Bonchev–Trinajstić information content (AvgIpc) is 2.23. The summed E-state index contributed by atoms with van der Waals surface area (Å²) in [6, 6.07) is 6.71. The first-order valence-electron chi connectivity index (χ1n) is 4.40. The smallest absolute Gasteiger partial charge is 0.321 e. The molecule has 0 aliphatic carbocycles. The Labute approximate surface area is 107 Å². The Morgan fingerprint density at radius 1 is 1.53 bits per heavy atom. The van der Waals surface area contributed by atoms with E-state index in [4.69, 9.17) is 0 Å². The van der Waals surface area contributed by atoms with Crippen molar-refractivity contribution in [3.8, 4) is 0 Å². The molecule has 2 N–H and O–H groups in total. The van der Waals surface area contributed by atoms with Crippen LogP contribution in [0.2, 0.25) is 0 Å². The van der Waals surface area contributed by atoms with Gasteiger partial charge in [0.25, 0.3) is 0 Å². The lowest BCUT2D eigenvalue weighted by Gasteiger charge is -2.23. The fraction of sp³-hybridized carbons (Fsp3) is 0.125. The monoisotopic (exact) mass is 296 g/mol. The number of para-hydroxylation sites is 1. The van der Waals surface area contributed by atoms with Crippen LogP contribution in [0.15, 0.2) is 30.3 Å². The highest BCUT2D eigenvalue weighted by atomic mass is 32.7. The van der Waals surface area contributed by atoms with Crippen LogP contribution in [0.4, 0.5) is 10.1 Å². The Morgan fingerprint density at radius 3 is 2.59 bits per heavy atom. The van der Waals surface area contributed by atoms with Gasteiger partial charge in [-0.15, -0.1) is 0 Å². The normalized spacial score (nSPS) is 14.1. The molecule has 9 heteroatoms. The van der Waals surface area contributed by atoms with Crippen molar-refractivity contribution < 1.29 is 18.6 Å². The molecular formula is C8H10FN2O3PS2. The van der Waals surface area contributed by atoms with Crippen molar-refractivity contribution in [2.75, 3.05) is 10.6 Å². The van der Waals surface area contributed by atoms with Crippen molar-refractivity contribution in [2.45, 2.75) is 0 Å². The van der Waals surface area contributed by atoms with E-state index in [1.807, 2.05) is 0 Å². The lowest BCUT2D eigenvalue weighted by molar-refractivity contribution is -0.127. The van der Waals surface area contributed by atoms with E-state index in [1.165, 1.54) is 0 Å². The van der Waals surface area contributed by atoms with Crippen molar-refractivity contribution in [1.82, 2.24) is 4.72 Å². The van der Waals surface area contributed by atoms with E-state index < -0.39 is 19.3 Å². The summed E-state index contributed by atoms with van der Waals surface area (Å²) in [7, 11) is 0. The summed E-state index contributed by atoms with van der Waals surface area (Å²) in [4.78, 5) is 19.5. The van der Waals surface area contributed by atoms with Crippen LogP contribution >= 0.6 is 31.1 Å². The van der Waals surface area contributed by atoms with E-state index in [2.05, 4.69) is 17.0 Å². The van der Waals surface area contributed by atoms with E-state index in [-0.39, 0.29) is 0 Å². The molecule has 1 atom stereocenters. The van der Waals surface area contributed by atoms with Crippen LogP contribution in [0.1, 0.15) is 0 Å². The van der Waals surface area contributed by atoms with Gasteiger partial charge in [0.2, 0.25) is 0 Å². The number of thiol groups is 1. The summed E-state index contributed by atoms with van der Waals surface area (Å²) in [5.74, 6) is 0. The van der Waals surface area contributed by atoms with Crippen LogP contribution in [-0.4, -0.2) is 17.5 Å². The van der Waals surface area contributed by atoms with Gasteiger partial charge < -0.3 is 4.89 Å². The van der Waals surface area contributed by atoms with Gasteiger partial charge in [0.15, 0.2) is 0 Å². The molecule has 0 saturated heterocycles. The molecule has 1 aromatic rings. The zero-order chi connectivity index (χ0) is 12.9. The number of carbonyl (C=O) groups excluding carboxylic acids is 1. The molecule has 0 aliphatic heterocycles. The minimum Gasteiger partial charge on any atom is -0.321 e. The van der Waals surface area contributed by atoms with Gasteiger partial charge in [0, 0.05) is 12.1 Å². The molecule has 0 radical (unpaired) electrons. The summed E-state index contributed by atoms with van der Waals surface area (Å²) >= 11 is 4.23. The Balaban J connectivity index is 2.76. The first-order valence-corrected chi connectivity index (χ1v) is 7.94. The molecule has 1 aromatic carbocycles. The maximum Gasteiger partial charge on any atom is 0.358 e. The Bertz CT molecular complexity index is 428. The van der Waals surface area contributed by atoms with Gasteiger partial charge in [-0.2, -0.15) is 4.39 Å². The number of carbonyl (C=O) groups is 1. The van der Waals surface area contributed by atoms with Crippen molar-refractivity contribution in [3.05, 3.63) is 30.3 Å². The highest BCUT2D eigenvalue weighted by Crippen LogP contribution is 2.55. The number of halogens is 1. The molecule has 0 heterocycles. The van der Waals surface area contributed by atoms with Gasteiger partial charge in [0.1, 0.15) is 0 Å². The highest BCUT2D eigenvalue weighted by Gasteiger charge is 2.25. The zero-order valence-electron chi connectivity index (χ0n) is 8.49. The largest absolute Gasteiger partial charge is 0.358 e. The summed E-state index contributed by atoms with van der Waals surface area (Å²) in [6.07, 6.45) is 0. The highest BCUT2D eigenvalue weighted by molar-refractivity contribution is 8.48. The van der Waals surface area contributed by atoms with Gasteiger partial charge >= 0.3 is 12.8 Å². The molecule has 0 aliphatic rings. The Kier molecular flexibility index (Phi) is 5.48. The standard InChI is InChI=1S/C8H10FN2O3PS2/c9-8(12)6-10-17-11(15(13,14)16)7-4-2-1-3-5-7/h1-5,10H,6H2,(H2,13,14,16). The van der Waals surface area contributed by atoms with E-state index in [1.54, 1.807) is 30.3 Å². The average molecular weight is 296 g/mol. The molecule has 17 heavy (non-hydrogen) atoms. The predicted octanol–water partition coefficient (Wildman–Crippen LogP) is 2.17. The summed E-state index contributed by atoms with van der Waals surface area (Å²) < 4.78 is 26.8. The zero-order valence-corrected chi connectivity index (χ0v) is 11.1. The molecule has 94 valence electrons. The lowest BCUT2D eigenvalue weighted by Crippen LogP contribution is -2.20. The summed E-state index contributed by atoms with van der Waals surface area (Å²) in [5, 5.41) is 0. The van der Waals surface area contributed by atoms with Crippen molar-refractivity contribution >= 4 is 42.8 Å². The second-order valence-corrected chi connectivity index (χ2v) is 6.99. The van der Waals surface area contributed by atoms with Crippen molar-refractivity contribution in [1.29, 1.82) is 0 Å². The molecular weight excluding hydrogens is 286 g/mol. The maximum atomic E-state index is 12.0. The van der Waals surface area contributed by atoms with Gasteiger partial charge in [0.05, 0.1) is 12.2 Å². The topological polar surface area (TPSA) is 69.6 Å². The van der Waals surface area contributed by atoms with Crippen LogP contribution in [0.5, 0.6) is 0 Å². The van der Waals surface area contributed by atoms with Gasteiger partial charge in [-0.1, -0.05) is 30.4 Å². The molecule has 5 nitrogen and oxygen atoms in total. The van der Waals surface area contributed by atoms with Crippen LogP contribution in [-0.2, 0) is 9.36 Å². The van der Waals surface area contributed by atoms with Gasteiger partial charge in [-0.3, -0.25) is 9.36 Å². The third-order valence-corrected chi connectivity index (χ3v) is 4.75. The third kappa shape index (κ3) is 5.10. The van der Waals surface area contributed by atoms with Crippen LogP contribution in [0.3, 0.4) is 0 Å². The minimum absolute atomic E-state index is 0.414.